The van der Waals surface area contributed by atoms with Crippen molar-refractivity contribution in [2.45, 2.75) is 0 Å². The van der Waals surface area contributed by atoms with E-state index in [-0.39, 0.29) is 0 Å². The van der Waals surface area contributed by atoms with Crippen molar-refractivity contribution >= 4 is 21.9 Å². The number of H-pyrrole nitrogens is 1. The van der Waals surface area contributed by atoms with Crippen molar-refractivity contribution in [3.63, 3.8) is 0 Å². The third-order valence-corrected chi connectivity index (χ3v) is 2.43. The van der Waals surface area contributed by atoms with E-state index in [4.69, 9.17) is 0 Å². The van der Waals surface area contributed by atoms with Crippen LogP contribution in [-0.4, -0.2) is 4.98 Å². The number of hydrogen-bond donors (Lipinski definition) is 1. The molecule has 0 saturated carbocycles. The number of nitrogens with one attached hydrogen (secondary N) is 1. The Labute approximate surface area is 80.2 Å². The van der Waals surface area contributed by atoms with Gasteiger partial charge in [0, 0.05) is 5.39 Å². The topological polar surface area (TPSA) is 42.7 Å². The quantitative estimate of drug-likeness (QED) is 0.421. The van der Waals surface area contributed by atoms with E-state index in [2.05, 4.69) is 4.98 Å². The van der Waals surface area contributed by atoms with Gasteiger partial charge in [0.1, 0.15) is 5.52 Å². The number of hydrogen-bond acceptors (Lipinski definition) is 1. The number of fused-ring (bicyclic) bond motifs is 3. The van der Waals surface area contributed by atoms with Crippen LogP contribution in [0.1, 0.15) is 0 Å². The SMILES string of the molecule is [O-][n+]1cccc2c3ccccc3[nH]c21. The maximum Gasteiger partial charge on any atom is 0.290 e. The van der Waals surface area contributed by atoms with Crippen molar-refractivity contribution in [2.75, 3.05) is 0 Å². The number of pyridine rings is 1. The van der Waals surface area contributed by atoms with E-state index in [1.54, 1.807) is 6.07 Å². The zero-order chi connectivity index (χ0) is 9.54. The van der Waals surface area contributed by atoms with Crippen LogP contribution in [0.3, 0.4) is 0 Å². The van der Waals surface area contributed by atoms with Crippen LogP contribution in [0.25, 0.3) is 21.9 Å². The minimum Gasteiger partial charge on any atom is -0.711 e. The number of benzene rings is 1. The summed E-state index contributed by atoms with van der Waals surface area (Å²) in [6.45, 7) is 0. The Hall–Kier alpha value is -2.03. The Balaban J connectivity index is 2.63. The van der Waals surface area contributed by atoms with Crippen LogP contribution < -0.4 is 4.73 Å². The number of aromatic nitrogens is 2. The second kappa shape index (κ2) is 2.48. The molecule has 0 fully saturated rings. The van der Waals surface area contributed by atoms with Crippen LogP contribution in [0.15, 0.2) is 42.6 Å². The molecule has 68 valence electrons. The van der Waals surface area contributed by atoms with Gasteiger partial charge in [0.05, 0.1) is 11.6 Å². The zero-order valence-corrected chi connectivity index (χ0v) is 7.40. The van der Waals surface area contributed by atoms with E-state index < -0.39 is 0 Å². The van der Waals surface area contributed by atoms with E-state index in [1.165, 1.54) is 6.20 Å². The highest BCUT2D eigenvalue weighted by Gasteiger charge is 2.09. The summed E-state index contributed by atoms with van der Waals surface area (Å²) in [5, 5.41) is 13.5. The van der Waals surface area contributed by atoms with Gasteiger partial charge in [-0.2, -0.15) is 0 Å². The molecule has 0 aliphatic heterocycles. The molecule has 1 aromatic carbocycles. The number of aromatic amines is 1. The van der Waals surface area contributed by atoms with Gasteiger partial charge in [0.25, 0.3) is 5.65 Å². The molecule has 0 unspecified atom stereocenters. The first-order valence-corrected chi connectivity index (χ1v) is 4.45. The second-order valence-electron chi connectivity index (χ2n) is 3.27. The smallest absolute Gasteiger partial charge is 0.290 e. The minimum absolute atomic E-state index is 0.619. The van der Waals surface area contributed by atoms with Gasteiger partial charge in [-0.3, -0.25) is 0 Å². The summed E-state index contributed by atoms with van der Waals surface area (Å²) in [6.07, 6.45) is 1.50. The average molecular weight is 184 g/mol. The van der Waals surface area contributed by atoms with E-state index in [0.717, 1.165) is 21.0 Å². The summed E-state index contributed by atoms with van der Waals surface area (Å²) in [5.41, 5.74) is 1.62. The first-order chi connectivity index (χ1) is 6.86. The summed E-state index contributed by atoms with van der Waals surface area (Å²) in [6, 6.07) is 11.6. The average Bonchev–Trinajstić information content (AvgIpc) is 2.59. The number of para-hydroxylation sites is 1. The Morgan fingerprint density at radius 1 is 1.00 bits per heavy atom. The third-order valence-electron chi connectivity index (χ3n) is 2.43. The fourth-order valence-electron chi connectivity index (χ4n) is 1.78. The molecule has 1 N–H and O–H groups in total. The molecule has 3 rings (SSSR count). The summed E-state index contributed by atoms with van der Waals surface area (Å²) in [7, 11) is 0. The van der Waals surface area contributed by atoms with Crippen molar-refractivity contribution < 1.29 is 4.73 Å². The Morgan fingerprint density at radius 2 is 1.79 bits per heavy atom. The summed E-state index contributed by atoms with van der Waals surface area (Å²) in [4.78, 5) is 3.10. The fraction of sp³-hybridized carbons (Fsp3) is 0. The molecule has 0 saturated heterocycles. The largest absolute Gasteiger partial charge is 0.711 e. The van der Waals surface area contributed by atoms with Crippen LogP contribution >= 0.6 is 0 Å². The molecule has 0 bridgehead atoms. The maximum absolute atomic E-state index is 11.4. The summed E-state index contributed by atoms with van der Waals surface area (Å²) < 4.78 is 0.856. The lowest BCUT2D eigenvalue weighted by molar-refractivity contribution is -0.578. The fourth-order valence-corrected chi connectivity index (χ4v) is 1.78. The number of nitrogens with zero attached hydrogens (tertiary/aromatic N) is 1. The van der Waals surface area contributed by atoms with Gasteiger partial charge in [0.15, 0.2) is 0 Å². The van der Waals surface area contributed by atoms with Crippen LogP contribution in [0.5, 0.6) is 0 Å². The van der Waals surface area contributed by atoms with Crippen LogP contribution in [-0.2, 0) is 0 Å². The predicted octanol–water partition coefficient (Wildman–Crippen LogP) is 1.95. The second-order valence-corrected chi connectivity index (χ2v) is 3.27. The molecule has 0 atom stereocenters. The van der Waals surface area contributed by atoms with E-state index >= 15 is 0 Å². The lowest BCUT2D eigenvalue weighted by atomic mass is 10.2. The number of rotatable bonds is 0. The van der Waals surface area contributed by atoms with Crippen molar-refractivity contribution in [3.8, 4) is 0 Å². The van der Waals surface area contributed by atoms with Crippen molar-refractivity contribution in [3.05, 3.63) is 47.8 Å². The van der Waals surface area contributed by atoms with Gasteiger partial charge in [0.2, 0.25) is 0 Å². The lowest BCUT2D eigenvalue weighted by Crippen LogP contribution is -2.25. The molecule has 14 heavy (non-hydrogen) atoms. The minimum atomic E-state index is 0.619. The Kier molecular flexibility index (Phi) is 1.31. The molecule has 0 amide bonds. The Bertz CT molecular complexity index is 613. The molecule has 3 nitrogen and oxygen atoms in total. The Morgan fingerprint density at radius 3 is 2.71 bits per heavy atom. The maximum atomic E-state index is 11.4. The van der Waals surface area contributed by atoms with Gasteiger partial charge < -0.3 is 5.21 Å². The highest BCUT2D eigenvalue weighted by atomic mass is 16.5. The molecule has 0 aliphatic rings. The van der Waals surface area contributed by atoms with Crippen LogP contribution in [0.2, 0.25) is 0 Å². The van der Waals surface area contributed by atoms with E-state index in [1.807, 2.05) is 30.3 Å². The molecular weight excluding hydrogens is 176 g/mol. The summed E-state index contributed by atoms with van der Waals surface area (Å²) in [5.74, 6) is 0. The first-order valence-electron chi connectivity index (χ1n) is 4.45. The molecule has 3 heteroatoms. The molecule has 0 radical (unpaired) electrons. The van der Waals surface area contributed by atoms with Crippen molar-refractivity contribution in [1.82, 2.24) is 4.98 Å². The first kappa shape index (κ1) is 7.38. The lowest BCUT2D eigenvalue weighted by Gasteiger charge is -1.99. The van der Waals surface area contributed by atoms with E-state index in [9.17, 15) is 5.21 Å². The molecular formula is C11H8N2O. The standard InChI is InChI=1S/C11H8N2O/c14-13-7-3-5-9-8-4-1-2-6-10(8)12-11(9)13/h1-7,12H. The molecule has 2 aromatic heterocycles. The molecule has 0 spiro atoms. The highest BCUT2D eigenvalue weighted by molar-refractivity contribution is 6.04. The van der Waals surface area contributed by atoms with Gasteiger partial charge >= 0.3 is 0 Å². The molecule has 3 aromatic rings. The normalized spacial score (nSPS) is 11.1. The van der Waals surface area contributed by atoms with Crippen molar-refractivity contribution in [1.29, 1.82) is 0 Å². The van der Waals surface area contributed by atoms with Gasteiger partial charge in [-0.1, -0.05) is 12.1 Å². The van der Waals surface area contributed by atoms with E-state index in [0.29, 0.717) is 5.65 Å². The zero-order valence-electron chi connectivity index (χ0n) is 7.40. The molecule has 0 aliphatic carbocycles. The van der Waals surface area contributed by atoms with Gasteiger partial charge in [-0.05, 0) is 24.3 Å². The third kappa shape index (κ3) is 0.836. The summed E-state index contributed by atoms with van der Waals surface area (Å²) >= 11 is 0. The molecule has 2 heterocycles. The monoisotopic (exact) mass is 184 g/mol. The van der Waals surface area contributed by atoms with Crippen LogP contribution in [0.4, 0.5) is 0 Å². The van der Waals surface area contributed by atoms with Crippen molar-refractivity contribution in [2.24, 2.45) is 0 Å². The van der Waals surface area contributed by atoms with Gasteiger partial charge in [-0.15, -0.1) is 0 Å². The van der Waals surface area contributed by atoms with Crippen LogP contribution in [0, 0.1) is 5.21 Å². The predicted molar refractivity (Wildman–Crippen MR) is 54.8 cm³/mol. The highest BCUT2D eigenvalue weighted by Crippen LogP contribution is 2.21. The van der Waals surface area contributed by atoms with Gasteiger partial charge in [-0.25, -0.2) is 9.71 Å².